The maximum absolute atomic E-state index is 13.8. The number of likely N-dealkylation sites (tertiary alicyclic amines) is 1. The SMILES string of the molecule is Cc1nc2ncnn2c(C)c1CCC(=O)N1C[C@@H]2C[C@H]1C(=O)NCCCCN(Cc1nccn1C)CCCN2C(=O)CC(C)C. The van der Waals surface area contributed by atoms with E-state index in [1.807, 2.05) is 56.6 Å². The van der Waals surface area contributed by atoms with Gasteiger partial charge in [-0.3, -0.25) is 19.3 Å². The normalized spacial score (nSPS) is 20.5. The molecule has 13 nitrogen and oxygen atoms in total. The predicted molar refractivity (Wildman–Crippen MR) is 169 cm³/mol. The first-order valence-electron chi connectivity index (χ1n) is 16.3. The number of nitrogens with one attached hydrogen (secondary N) is 1. The first-order chi connectivity index (χ1) is 21.6. The van der Waals surface area contributed by atoms with Gasteiger partial charge in [0.05, 0.1) is 12.6 Å². The van der Waals surface area contributed by atoms with Crippen molar-refractivity contribution in [2.24, 2.45) is 13.0 Å². The first kappa shape index (κ1) is 32.5. The van der Waals surface area contributed by atoms with Crippen molar-refractivity contribution in [3.05, 3.63) is 41.5 Å². The van der Waals surface area contributed by atoms with Crippen LogP contribution in [0, 0.1) is 19.8 Å². The highest BCUT2D eigenvalue weighted by molar-refractivity contribution is 5.89. The van der Waals surface area contributed by atoms with Crippen LogP contribution in [-0.2, 0) is 34.4 Å². The lowest BCUT2D eigenvalue weighted by atomic mass is 10.1. The van der Waals surface area contributed by atoms with E-state index >= 15 is 0 Å². The summed E-state index contributed by atoms with van der Waals surface area (Å²) in [6.45, 7) is 11.9. The van der Waals surface area contributed by atoms with Crippen molar-refractivity contribution in [3.63, 3.8) is 0 Å². The van der Waals surface area contributed by atoms with Crippen molar-refractivity contribution in [2.75, 3.05) is 32.7 Å². The zero-order chi connectivity index (χ0) is 32.1. The van der Waals surface area contributed by atoms with E-state index in [0.717, 1.165) is 61.7 Å². The Hall–Kier alpha value is -3.87. The van der Waals surface area contributed by atoms with E-state index in [1.54, 1.807) is 9.42 Å². The van der Waals surface area contributed by atoms with Gasteiger partial charge in [-0.1, -0.05) is 13.8 Å². The molecule has 2 bridgehead atoms. The Labute approximate surface area is 265 Å². The highest BCUT2D eigenvalue weighted by atomic mass is 16.2. The molecular formula is C32H48N10O3. The molecule has 5 heterocycles. The number of fused-ring (bicyclic) bond motifs is 3. The highest BCUT2D eigenvalue weighted by Gasteiger charge is 2.42. The lowest BCUT2D eigenvalue weighted by molar-refractivity contribution is -0.138. The maximum atomic E-state index is 13.8. The molecule has 2 saturated heterocycles. The summed E-state index contributed by atoms with van der Waals surface area (Å²) in [6, 6.07) is -0.809. The first-order valence-corrected chi connectivity index (χ1v) is 16.3. The van der Waals surface area contributed by atoms with Gasteiger partial charge in [0.15, 0.2) is 0 Å². The van der Waals surface area contributed by atoms with E-state index < -0.39 is 6.04 Å². The van der Waals surface area contributed by atoms with E-state index in [2.05, 4.69) is 30.3 Å². The molecule has 0 radical (unpaired) electrons. The Balaban J connectivity index is 1.33. The molecule has 1 N–H and O–H groups in total. The van der Waals surface area contributed by atoms with Crippen LogP contribution in [0.15, 0.2) is 18.7 Å². The number of aryl methyl sites for hydroxylation is 3. The molecule has 3 aromatic rings. The number of nitrogens with zero attached hydrogens (tertiary/aromatic N) is 9. The van der Waals surface area contributed by atoms with Gasteiger partial charge in [-0.05, 0) is 64.0 Å². The summed E-state index contributed by atoms with van der Waals surface area (Å²) in [5.41, 5.74) is 2.69. The monoisotopic (exact) mass is 620 g/mol. The molecule has 2 fully saturated rings. The Bertz CT molecular complexity index is 1500. The molecule has 13 heteroatoms. The summed E-state index contributed by atoms with van der Waals surface area (Å²) in [5.74, 6) is 1.62. The molecule has 2 atom stereocenters. The van der Waals surface area contributed by atoms with E-state index in [-0.39, 0.29) is 36.1 Å². The van der Waals surface area contributed by atoms with Crippen molar-refractivity contribution in [1.82, 2.24) is 49.1 Å². The van der Waals surface area contributed by atoms with Crippen LogP contribution in [0.2, 0.25) is 0 Å². The number of imidazole rings is 1. The van der Waals surface area contributed by atoms with Crippen LogP contribution in [0.5, 0.6) is 0 Å². The van der Waals surface area contributed by atoms with Gasteiger partial charge in [0, 0.05) is 69.8 Å². The van der Waals surface area contributed by atoms with Gasteiger partial charge in [-0.15, -0.1) is 0 Å². The van der Waals surface area contributed by atoms with Crippen molar-refractivity contribution >= 4 is 23.5 Å². The molecule has 5 rings (SSSR count). The lowest BCUT2D eigenvalue weighted by Gasteiger charge is -2.31. The van der Waals surface area contributed by atoms with Crippen molar-refractivity contribution < 1.29 is 14.4 Å². The molecular weight excluding hydrogens is 572 g/mol. The number of hydrogen-bond acceptors (Lipinski definition) is 8. The third-order valence-corrected chi connectivity index (χ3v) is 9.18. The minimum Gasteiger partial charge on any atom is -0.354 e. The van der Waals surface area contributed by atoms with Crippen molar-refractivity contribution in [2.45, 2.75) is 91.3 Å². The number of amides is 3. The van der Waals surface area contributed by atoms with Crippen LogP contribution in [0.3, 0.4) is 0 Å². The highest BCUT2D eigenvalue weighted by Crippen LogP contribution is 2.26. The molecule has 45 heavy (non-hydrogen) atoms. The number of aromatic nitrogens is 6. The molecule has 3 amide bonds. The molecule has 0 aliphatic carbocycles. The second-order valence-electron chi connectivity index (χ2n) is 13.0. The maximum Gasteiger partial charge on any atom is 0.252 e. The summed E-state index contributed by atoms with van der Waals surface area (Å²) in [5, 5.41) is 7.37. The molecule has 2 aliphatic rings. The van der Waals surface area contributed by atoms with E-state index in [4.69, 9.17) is 0 Å². The predicted octanol–water partition coefficient (Wildman–Crippen LogP) is 2.05. The Morgan fingerprint density at radius 2 is 1.84 bits per heavy atom. The quantitative estimate of drug-likeness (QED) is 0.424. The molecule has 2 aliphatic heterocycles. The standard InChI is InChI=1S/C32H48N10O3/c1-22(2)17-30(44)40-15-8-14-39(20-28-33-12-16-38(28)5)13-7-6-11-34-31(45)27-18-25(40)19-41(27)29(43)10-9-26-23(3)37-32-35-21-36-42(32)24(26)4/h12,16,21-22,25,27H,6-11,13-15,17-20H2,1-5H3,(H,34,45)/t25-,27-/m0/s1. The summed E-state index contributed by atoms with van der Waals surface area (Å²) >= 11 is 0. The van der Waals surface area contributed by atoms with Crippen LogP contribution >= 0.6 is 0 Å². The number of rotatable bonds is 7. The van der Waals surface area contributed by atoms with Crippen LogP contribution in [-0.4, -0.2) is 106 Å². The third-order valence-electron chi connectivity index (χ3n) is 9.18. The molecule has 0 aromatic carbocycles. The van der Waals surface area contributed by atoms with Crippen LogP contribution in [0.1, 0.15) is 75.1 Å². The average molecular weight is 621 g/mol. The molecule has 0 spiro atoms. The molecule has 244 valence electrons. The molecule has 0 unspecified atom stereocenters. The summed E-state index contributed by atoms with van der Waals surface area (Å²) < 4.78 is 3.73. The third kappa shape index (κ3) is 7.69. The minimum absolute atomic E-state index is 0.0862. The number of carbonyl (C=O) groups is 3. The topological polar surface area (TPSA) is 134 Å². The van der Waals surface area contributed by atoms with Gasteiger partial charge >= 0.3 is 0 Å². The van der Waals surface area contributed by atoms with E-state index in [1.165, 1.54) is 6.33 Å². The second-order valence-corrected chi connectivity index (χ2v) is 13.0. The Morgan fingerprint density at radius 1 is 1.04 bits per heavy atom. The smallest absolute Gasteiger partial charge is 0.252 e. The van der Waals surface area contributed by atoms with Crippen LogP contribution < -0.4 is 5.32 Å². The zero-order valence-corrected chi connectivity index (χ0v) is 27.4. The molecule has 0 saturated carbocycles. The van der Waals surface area contributed by atoms with Gasteiger partial charge in [0.1, 0.15) is 18.2 Å². The van der Waals surface area contributed by atoms with E-state index in [9.17, 15) is 14.4 Å². The van der Waals surface area contributed by atoms with Gasteiger partial charge in [-0.2, -0.15) is 10.1 Å². The largest absolute Gasteiger partial charge is 0.354 e. The fourth-order valence-corrected chi connectivity index (χ4v) is 6.71. The fourth-order valence-electron chi connectivity index (χ4n) is 6.71. The van der Waals surface area contributed by atoms with Gasteiger partial charge in [-0.25, -0.2) is 14.5 Å². The van der Waals surface area contributed by atoms with Gasteiger partial charge in [0.2, 0.25) is 17.7 Å². The molecule has 3 aromatic heterocycles. The number of carbonyl (C=O) groups excluding carboxylic acids is 3. The Kier molecular flexibility index (Phi) is 10.5. The van der Waals surface area contributed by atoms with Gasteiger partial charge < -0.3 is 19.7 Å². The van der Waals surface area contributed by atoms with Crippen molar-refractivity contribution in [3.8, 4) is 0 Å². The minimum atomic E-state index is -0.599. The van der Waals surface area contributed by atoms with Gasteiger partial charge in [0.25, 0.3) is 5.78 Å². The second kappa shape index (κ2) is 14.5. The van der Waals surface area contributed by atoms with Crippen LogP contribution in [0.25, 0.3) is 5.78 Å². The zero-order valence-electron chi connectivity index (χ0n) is 27.4. The van der Waals surface area contributed by atoms with E-state index in [0.29, 0.717) is 44.7 Å². The summed E-state index contributed by atoms with van der Waals surface area (Å²) in [6.07, 6.45) is 9.45. The van der Waals surface area contributed by atoms with Crippen LogP contribution in [0.4, 0.5) is 0 Å². The Morgan fingerprint density at radius 3 is 2.60 bits per heavy atom. The average Bonchev–Trinajstić information content (AvgIpc) is 3.74. The summed E-state index contributed by atoms with van der Waals surface area (Å²) in [7, 11) is 2.01. The fraction of sp³-hybridized carbons (Fsp3) is 0.656. The summed E-state index contributed by atoms with van der Waals surface area (Å²) in [4.78, 5) is 60.3. The number of hydrogen-bond donors (Lipinski definition) is 1. The lowest BCUT2D eigenvalue weighted by Crippen LogP contribution is -2.46. The van der Waals surface area contributed by atoms with Crippen molar-refractivity contribution in [1.29, 1.82) is 0 Å².